The minimum absolute atomic E-state index is 0.608. The van der Waals surface area contributed by atoms with Crippen LogP contribution in [0.25, 0.3) is 0 Å². The molecule has 0 amide bonds. The fourth-order valence-electron chi connectivity index (χ4n) is 2.06. The van der Waals surface area contributed by atoms with E-state index in [0.29, 0.717) is 12.6 Å². The van der Waals surface area contributed by atoms with Crippen LogP contribution in [0.3, 0.4) is 0 Å². The van der Waals surface area contributed by atoms with Crippen LogP contribution >= 0.6 is 0 Å². The highest BCUT2D eigenvalue weighted by Crippen LogP contribution is 2.19. The van der Waals surface area contributed by atoms with Crippen LogP contribution in [0.15, 0.2) is 24.3 Å². The molecule has 0 aliphatic rings. The van der Waals surface area contributed by atoms with Gasteiger partial charge in [-0.1, -0.05) is 13.0 Å². The molecule has 0 aliphatic carbocycles. The van der Waals surface area contributed by atoms with Crippen LogP contribution in [0.1, 0.15) is 46.5 Å². The van der Waals surface area contributed by atoms with Gasteiger partial charge in [0.15, 0.2) is 0 Å². The largest absolute Gasteiger partial charge is 0.494 e. The lowest BCUT2D eigenvalue weighted by Gasteiger charge is -2.13. The molecule has 114 valence electrons. The predicted molar refractivity (Wildman–Crippen MR) is 84.7 cm³/mol. The second-order valence-electron chi connectivity index (χ2n) is 5.11. The van der Waals surface area contributed by atoms with Crippen molar-refractivity contribution in [2.24, 2.45) is 0 Å². The van der Waals surface area contributed by atoms with Crippen molar-refractivity contribution in [3.63, 3.8) is 0 Å². The summed E-state index contributed by atoms with van der Waals surface area (Å²) in [5, 5.41) is 3.51. The van der Waals surface area contributed by atoms with Crippen molar-refractivity contribution < 1.29 is 9.47 Å². The summed E-state index contributed by atoms with van der Waals surface area (Å²) in [5.41, 5.74) is 0. The van der Waals surface area contributed by atoms with Gasteiger partial charge in [0, 0.05) is 12.1 Å². The van der Waals surface area contributed by atoms with Crippen molar-refractivity contribution in [2.45, 2.75) is 52.5 Å². The predicted octanol–water partition coefficient (Wildman–Crippen LogP) is 4.02. The molecular formula is C17H29NO2. The molecule has 1 rings (SSSR count). The zero-order valence-corrected chi connectivity index (χ0v) is 13.2. The van der Waals surface area contributed by atoms with Crippen LogP contribution in [0.5, 0.6) is 11.5 Å². The molecule has 0 bridgehead atoms. The first-order valence-electron chi connectivity index (χ1n) is 7.85. The first-order valence-corrected chi connectivity index (χ1v) is 7.85. The lowest BCUT2D eigenvalue weighted by Crippen LogP contribution is -2.26. The summed E-state index contributed by atoms with van der Waals surface area (Å²) in [5.74, 6) is 1.77. The molecule has 1 aromatic carbocycles. The smallest absolute Gasteiger partial charge is 0.122 e. The summed E-state index contributed by atoms with van der Waals surface area (Å²) in [6.07, 6.45) is 4.70. The maximum Gasteiger partial charge on any atom is 0.122 e. The highest BCUT2D eigenvalue weighted by atomic mass is 16.5. The first kappa shape index (κ1) is 16.8. The molecule has 0 fully saturated rings. The Morgan fingerprint density at radius 3 is 2.55 bits per heavy atom. The van der Waals surface area contributed by atoms with Gasteiger partial charge in [-0.15, -0.1) is 0 Å². The van der Waals surface area contributed by atoms with E-state index < -0.39 is 0 Å². The van der Waals surface area contributed by atoms with Crippen LogP contribution in [0.4, 0.5) is 0 Å². The van der Waals surface area contributed by atoms with Crippen molar-refractivity contribution >= 4 is 0 Å². The van der Waals surface area contributed by atoms with Gasteiger partial charge in [-0.25, -0.2) is 0 Å². The Hall–Kier alpha value is -1.22. The summed E-state index contributed by atoms with van der Waals surface area (Å²) in [4.78, 5) is 0. The average Bonchev–Trinajstić information content (AvgIpc) is 2.45. The van der Waals surface area contributed by atoms with Gasteiger partial charge in [0.2, 0.25) is 0 Å². The van der Waals surface area contributed by atoms with Crippen LogP contribution in [-0.4, -0.2) is 25.8 Å². The monoisotopic (exact) mass is 279 g/mol. The van der Waals surface area contributed by atoms with Crippen LogP contribution < -0.4 is 14.8 Å². The van der Waals surface area contributed by atoms with Gasteiger partial charge in [-0.05, 0) is 58.2 Å². The summed E-state index contributed by atoms with van der Waals surface area (Å²) >= 11 is 0. The quantitative estimate of drug-likeness (QED) is 0.621. The molecule has 20 heavy (non-hydrogen) atoms. The van der Waals surface area contributed by atoms with Gasteiger partial charge in [-0.3, -0.25) is 0 Å². The Balaban J connectivity index is 2.13. The van der Waals surface area contributed by atoms with Crippen molar-refractivity contribution in [3.05, 3.63) is 24.3 Å². The second-order valence-corrected chi connectivity index (χ2v) is 5.11. The molecule has 1 N–H and O–H groups in total. The van der Waals surface area contributed by atoms with Crippen molar-refractivity contribution in [2.75, 3.05) is 19.8 Å². The van der Waals surface area contributed by atoms with Crippen molar-refractivity contribution in [1.82, 2.24) is 5.32 Å². The molecule has 0 aliphatic heterocycles. The van der Waals surface area contributed by atoms with Gasteiger partial charge in [0.25, 0.3) is 0 Å². The standard InChI is InChI=1S/C17H29NO2/c1-4-12-18-15(3)9-6-7-13-20-17-11-8-10-16(14-17)19-5-2/h8,10-11,14-15,18H,4-7,9,12-13H2,1-3H3. The van der Waals surface area contributed by atoms with E-state index in [1.54, 1.807) is 0 Å². The van der Waals surface area contributed by atoms with E-state index in [1.165, 1.54) is 19.3 Å². The molecular weight excluding hydrogens is 250 g/mol. The minimum atomic E-state index is 0.608. The lowest BCUT2D eigenvalue weighted by molar-refractivity contribution is 0.296. The van der Waals surface area contributed by atoms with Gasteiger partial charge in [-0.2, -0.15) is 0 Å². The summed E-state index contributed by atoms with van der Waals surface area (Å²) in [6.45, 7) is 9.01. The third kappa shape index (κ3) is 7.39. The zero-order valence-electron chi connectivity index (χ0n) is 13.2. The third-order valence-corrected chi connectivity index (χ3v) is 3.16. The number of hydrogen-bond acceptors (Lipinski definition) is 3. The molecule has 1 unspecified atom stereocenters. The number of nitrogens with one attached hydrogen (secondary N) is 1. The van der Waals surface area contributed by atoms with Crippen LogP contribution in [0.2, 0.25) is 0 Å². The second kappa shape index (κ2) is 10.6. The summed E-state index contributed by atoms with van der Waals surface area (Å²) in [7, 11) is 0. The van der Waals surface area contributed by atoms with E-state index in [9.17, 15) is 0 Å². The third-order valence-electron chi connectivity index (χ3n) is 3.16. The molecule has 3 nitrogen and oxygen atoms in total. The Morgan fingerprint density at radius 2 is 1.85 bits per heavy atom. The molecule has 0 radical (unpaired) electrons. The van der Waals surface area contributed by atoms with Gasteiger partial charge in [0.05, 0.1) is 13.2 Å². The number of unbranched alkanes of at least 4 members (excludes halogenated alkanes) is 1. The highest BCUT2D eigenvalue weighted by molar-refractivity contribution is 5.32. The number of ether oxygens (including phenoxy) is 2. The summed E-state index contributed by atoms with van der Waals surface area (Å²) in [6, 6.07) is 8.47. The molecule has 0 heterocycles. The number of benzene rings is 1. The highest BCUT2D eigenvalue weighted by Gasteiger charge is 2.01. The Labute approximate surface area is 123 Å². The Kier molecular flexibility index (Phi) is 8.88. The topological polar surface area (TPSA) is 30.5 Å². The van der Waals surface area contributed by atoms with Crippen molar-refractivity contribution in [1.29, 1.82) is 0 Å². The lowest BCUT2D eigenvalue weighted by atomic mass is 10.1. The Morgan fingerprint density at radius 1 is 1.10 bits per heavy atom. The molecule has 0 saturated carbocycles. The molecule has 1 atom stereocenters. The van der Waals surface area contributed by atoms with Crippen LogP contribution in [-0.2, 0) is 0 Å². The fourth-order valence-corrected chi connectivity index (χ4v) is 2.06. The number of hydrogen-bond donors (Lipinski definition) is 1. The number of rotatable bonds is 11. The summed E-state index contributed by atoms with van der Waals surface area (Å²) < 4.78 is 11.2. The van der Waals surface area contributed by atoms with Gasteiger partial charge < -0.3 is 14.8 Å². The van der Waals surface area contributed by atoms with Gasteiger partial charge >= 0.3 is 0 Å². The van der Waals surface area contributed by atoms with Gasteiger partial charge in [0.1, 0.15) is 11.5 Å². The molecule has 0 spiro atoms. The first-order chi connectivity index (χ1) is 9.76. The van der Waals surface area contributed by atoms with Crippen molar-refractivity contribution in [3.8, 4) is 11.5 Å². The van der Waals surface area contributed by atoms with E-state index >= 15 is 0 Å². The Bertz CT molecular complexity index is 355. The molecule has 3 heteroatoms. The average molecular weight is 279 g/mol. The van der Waals surface area contributed by atoms with Crippen LogP contribution in [0, 0.1) is 0 Å². The molecule has 1 aromatic rings. The van der Waals surface area contributed by atoms with E-state index in [1.807, 2.05) is 31.2 Å². The van der Waals surface area contributed by atoms with E-state index in [2.05, 4.69) is 19.2 Å². The van der Waals surface area contributed by atoms with E-state index in [0.717, 1.165) is 31.1 Å². The maximum absolute atomic E-state index is 5.76. The molecule has 0 saturated heterocycles. The van der Waals surface area contributed by atoms with E-state index in [4.69, 9.17) is 9.47 Å². The minimum Gasteiger partial charge on any atom is -0.494 e. The van der Waals surface area contributed by atoms with E-state index in [-0.39, 0.29) is 0 Å². The maximum atomic E-state index is 5.76. The molecule has 0 aromatic heterocycles. The normalized spacial score (nSPS) is 12.2. The zero-order chi connectivity index (χ0) is 14.6. The fraction of sp³-hybridized carbons (Fsp3) is 0.647. The SMILES string of the molecule is CCCNC(C)CCCCOc1cccc(OCC)c1.